The predicted octanol–water partition coefficient (Wildman–Crippen LogP) is 2.20. The van der Waals surface area contributed by atoms with Crippen LogP contribution in [-0.2, 0) is 0 Å². The first-order valence-corrected chi connectivity index (χ1v) is 9.40. The highest BCUT2D eigenvalue weighted by atomic mass is 16.5. The van der Waals surface area contributed by atoms with E-state index >= 15 is 0 Å². The lowest BCUT2D eigenvalue weighted by atomic mass is 10.2. The van der Waals surface area contributed by atoms with Crippen molar-refractivity contribution in [1.29, 1.82) is 0 Å². The van der Waals surface area contributed by atoms with Gasteiger partial charge in [0.05, 0.1) is 14.2 Å². The van der Waals surface area contributed by atoms with Crippen molar-refractivity contribution in [1.82, 2.24) is 14.9 Å². The summed E-state index contributed by atoms with van der Waals surface area (Å²) in [5, 5.41) is 2.87. The molecule has 1 amide bonds. The summed E-state index contributed by atoms with van der Waals surface area (Å²) in [4.78, 5) is 26.2. The molecule has 0 spiro atoms. The van der Waals surface area contributed by atoms with Gasteiger partial charge in [-0.25, -0.2) is 9.97 Å². The molecule has 1 fully saturated rings. The first-order chi connectivity index (χ1) is 13.5. The van der Waals surface area contributed by atoms with Gasteiger partial charge in [0.1, 0.15) is 17.3 Å². The molecule has 1 aromatic heterocycles. The number of methoxy groups -OCH3 is 2. The number of piperazine rings is 1. The average molecular weight is 385 g/mol. The lowest BCUT2D eigenvalue weighted by Crippen LogP contribution is -2.46. The van der Waals surface area contributed by atoms with Crippen LogP contribution in [0.15, 0.2) is 24.3 Å². The molecule has 0 radical (unpaired) electrons. The van der Waals surface area contributed by atoms with Gasteiger partial charge in [0.15, 0.2) is 11.5 Å². The van der Waals surface area contributed by atoms with E-state index in [4.69, 9.17) is 9.47 Å². The summed E-state index contributed by atoms with van der Waals surface area (Å²) in [7, 11) is 3.13. The van der Waals surface area contributed by atoms with Crippen LogP contribution in [0.4, 0.5) is 11.5 Å². The Morgan fingerprint density at radius 1 is 1.07 bits per heavy atom. The number of likely N-dealkylation sites (N-methyl/N-ethyl adjacent to an activating group) is 1. The fourth-order valence-electron chi connectivity index (χ4n) is 3.23. The zero-order valence-corrected chi connectivity index (χ0v) is 16.9. The SMILES string of the molecule is CCN1CCN(c2cc(C(=O)Nc3ccc(OC)c(OC)c3)nc(C)n2)CC1. The molecule has 2 aromatic rings. The Kier molecular flexibility index (Phi) is 6.30. The van der Waals surface area contributed by atoms with Crippen LogP contribution in [0.5, 0.6) is 11.5 Å². The molecule has 0 unspecified atom stereocenters. The molecule has 150 valence electrons. The number of hydrogen-bond donors (Lipinski definition) is 1. The summed E-state index contributed by atoms with van der Waals surface area (Å²) in [6, 6.07) is 6.98. The van der Waals surface area contributed by atoms with Crippen LogP contribution >= 0.6 is 0 Å². The summed E-state index contributed by atoms with van der Waals surface area (Å²) in [5.41, 5.74) is 0.951. The van der Waals surface area contributed by atoms with Gasteiger partial charge in [-0.2, -0.15) is 0 Å². The van der Waals surface area contributed by atoms with Crippen molar-refractivity contribution in [3.05, 3.63) is 35.8 Å². The van der Waals surface area contributed by atoms with Crippen molar-refractivity contribution < 1.29 is 14.3 Å². The smallest absolute Gasteiger partial charge is 0.274 e. The second-order valence-electron chi connectivity index (χ2n) is 6.60. The molecular weight excluding hydrogens is 358 g/mol. The van der Waals surface area contributed by atoms with Crippen LogP contribution in [0.1, 0.15) is 23.2 Å². The lowest BCUT2D eigenvalue weighted by Gasteiger charge is -2.34. The molecule has 8 heteroatoms. The molecule has 3 rings (SSSR count). The van der Waals surface area contributed by atoms with Gasteiger partial charge in [-0.05, 0) is 25.6 Å². The largest absolute Gasteiger partial charge is 0.493 e. The Morgan fingerprint density at radius 2 is 1.79 bits per heavy atom. The maximum Gasteiger partial charge on any atom is 0.274 e. The van der Waals surface area contributed by atoms with Crippen molar-refractivity contribution in [3.8, 4) is 11.5 Å². The Labute approximate surface area is 165 Å². The average Bonchev–Trinajstić information content (AvgIpc) is 2.73. The van der Waals surface area contributed by atoms with E-state index in [2.05, 4.69) is 32.0 Å². The fraction of sp³-hybridized carbons (Fsp3) is 0.450. The van der Waals surface area contributed by atoms with E-state index in [1.165, 1.54) is 0 Å². The number of ether oxygens (including phenoxy) is 2. The number of aromatic nitrogens is 2. The van der Waals surface area contributed by atoms with Gasteiger partial charge in [-0.1, -0.05) is 6.92 Å². The number of nitrogens with zero attached hydrogens (tertiary/aromatic N) is 4. The molecule has 1 aliphatic rings. The third-order valence-corrected chi connectivity index (χ3v) is 4.84. The molecule has 0 aliphatic carbocycles. The van der Waals surface area contributed by atoms with Crippen molar-refractivity contribution in [2.24, 2.45) is 0 Å². The number of hydrogen-bond acceptors (Lipinski definition) is 7. The molecular formula is C20H27N5O3. The maximum atomic E-state index is 12.8. The normalized spacial score (nSPS) is 14.6. The van der Waals surface area contributed by atoms with E-state index in [1.54, 1.807) is 45.4 Å². The first kappa shape index (κ1) is 19.9. The van der Waals surface area contributed by atoms with Crippen molar-refractivity contribution in [2.75, 3.05) is 57.2 Å². The number of carbonyl (C=O) groups is 1. The van der Waals surface area contributed by atoms with Gasteiger partial charge in [-0.15, -0.1) is 0 Å². The van der Waals surface area contributed by atoms with Crippen LogP contribution in [-0.4, -0.2) is 67.7 Å². The summed E-state index contributed by atoms with van der Waals surface area (Å²) < 4.78 is 10.5. The van der Waals surface area contributed by atoms with Crippen molar-refractivity contribution in [3.63, 3.8) is 0 Å². The second-order valence-corrected chi connectivity index (χ2v) is 6.60. The zero-order chi connectivity index (χ0) is 20.1. The minimum Gasteiger partial charge on any atom is -0.493 e. The zero-order valence-electron chi connectivity index (χ0n) is 16.9. The molecule has 0 bridgehead atoms. The summed E-state index contributed by atoms with van der Waals surface area (Å²) >= 11 is 0. The van der Waals surface area contributed by atoms with Crippen LogP contribution in [0, 0.1) is 6.92 Å². The molecule has 8 nitrogen and oxygen atoms in total. The molecule has 0 atom stereocenters. The highest BCUT2D eigenvalue weighted by Crippen LogP contribution is 2.30. The second kappa shape index (κ2) is 8.88. The van der Waals surface area contributed by atoms with E-state index in [9.17, 15) is 4.79 Å². The molecule has 28 heavy (non-hydrogen) atoms. The monoisotopic (exact) mass is 385 g/mol. The quantitative estimate of drug-likeness (QED) is 0.816. The Balaban J connectivity index is 1.76. The Morgan fingerprint density at radius 3 is 2.43 bits per heavy atom. The van der Waals surface area contributed by atoms with E-state index in [0.717, 1.165) is 38.5 Å². The number of anilines is 2. The molecule has 1 aliphatic heterocycles. The van der Waals surface area contributed by atoms with Crippen LogP contribution < -0.4 is 19.7 Å². The molecule has 2 heterocycles. The topological polar surface area (TPSA) is 79.8 Å². The van der Waals surface area contributed by atoms with Crippen LogP contribution in [0.2, 0.25) is 0 Å². The van der Waals surface area contributed by atoms with Gasteiger partial charge in [0, 0.05) is 44.0 Å². The standard InChI is InChI=1S/C20H27N5O3/c1-5-24-8-10-25(11-9-24)19-13-16(21-14(2)22-19)20(26)23-15-6-7-17(27-3)18(12-15)28-4/h6-7,12-13H,5,8-11H2,1-4H3,(H,23,26). The van der Waals surface area contributed by atoms with E-state index in [1.807, 2.05) is 0 Å². The highest BCUT2D eigenvalue weighted by molar-refractivity contribution is 6.03. The van der Waals surface area contributed by atoms with Gasteiger partial charge in [0.25, 0.3) is 5.91 Å². The van der Waals surface area contributed by atoms with E-state index in [-0.39, 0.29) is 5.91 Å². The van der Waals surface area contributed by atoms with E-state index < -0.39 is 0 Å². The van der Waals surface area contributed by atoms with Gasteiger partial charge in [-0.3, -0.25) is 4.79 Å². The third kappa shape index (κ3) is 4.51. The number of amides is 1. The maximum absolute atomic E-state index is 12.8. The minimum absolute atomic E-state index is 0.286. The van der Waals surface area contributed by atoms with Crippen molar-refractivity contribution >= 4 is 17.4 Å². The lowest BCUT2D eigenvalue weighted by molar-refractivity contribution is 0.102. The minimum atomic E-state index is -0.286. The predicted molar refractivity (Wildman–Crippen MR) is 109 cm³/mol. The van der Waals surface area contributed by atoms with E-state index in [0.29, 0.717) is 28.7 Å². The van der Waals surface area contributed by atoms with Gasteiger partial charge >= 0.3 is 0 Å². The third-order valence-electron chi connectivity index (χ3n) is 4.84. The first-order valence-electron chi connectivity index (χ1n) is 9.40. The Hall–Kier alpha value is -2.87. The summed E-state index contributed by atoms with van der Waals surface area (Å²) in [6.07, 6.45) is 0. The van der Waals surface area contributed by atoms with Crippen molar-refractivity contribution in [2.45, 2.75) is 13.8 Å². The van der Waals surface area contributed by atoms with Crippen LogP contribution in [0.3, 0.4) is 0 Å². The number of carbonyl (C=O) groups excluding carboxylic acids is 1. The number of nitrogens with one attached hydrogen (secondary N) is 1. The molecule has 0 saturated carbocycles. The van der Waals surface area contributed by atoms with Gasteiger partial charge in [0.2, 0.25) is 0 Å². The Bertz CT molecular complexity index is 835. The number of rotatable bonds is 6. The summed E-state index contributed by atoms with van der Waals surface area (Å²) in [5.74, 6) is 2.24. The molecule has 1 aromatic carbocycles. The molecule has 1 N–H and O–H groups in total. The van der Waals surface area contributed by atoms with Crippen LogP contribution in [0.25, 0.3) is 0 Å². The molecule has 1 saturated heterocycles. The summed E-state index contributed by atoms with van der Waals surface area (Å²) in [6.45, 7) is 8.79. The fourth-order valence-corrected chi connectivity index (χ4v) is 3.23. The van der Waals surface area contributed by atoms with Gasteiger partial charge < -0.3 is 24.6 Å². The number of aryl methyl sites for hydroxylation is 1. The number of benzene rings is 1. The highest BCUT2D eigenvalue weighted by Gasteiger charge is 2.19.